The molecule has 1 aliphatic rings. The summed E-state index contributed by atoms with van der Waals surface area (Å²) >= 11 is 0. The van der Waals surface area contributed by atoms with Crippen LogP contribution in [0.2, 0.25) is 0 Å². The Labute approximate surface area is 245 Å². The molecular weight excluding hydrogens is 514 g/mol. The normalized spacial score (nSPS) is 14.4. The van der Waals surface area contributed by atoms with Crippen molar-refractivity contribution in [2.45, 2.75) is 115 Å². The lowest BCUT2D eigenvalue weighted by Crippen LogP contribution is -2.21. The molecule has 0 aromatic heterocycles. The van der Waals surface area contributed by atoms with Crippen LogP contribution in [0, 0.1) is 11.6 Å². The predicted molar refractivity (Wildman–Crippen MR) is 165 cm³/mol. The van der Waals surface area contributed by atoms with Crippen LogP contribution in [0.15, 0.2) is 60.7 Å². The highest BCUT2D eigenvalue weighted by atomic mass is 19.2. The summed E-state index contributed by atoms with van der Waals surface area (Å²) < 4.78 is 29.8. The molecule has 4 heteroatoms. The molecule has 0 aliphatic heterocycles. The molecule has 3 aromatic rings. The molecule has 0 saturated heterocycles. The molecule has 0 amide bonds. The van der Waals surface area contributed by atoms with Gasteiger partial charge >= 0.3 is 5.97 Å². The summed E-state index contributed by atoms with van der Waals surface area (Å²) in [6.45, 7) is 2.14. The highest BCUT2D eigenvalue weighted by Gasteiger charge is 2.34. The summed E-state index contributed by atoms with van der Waals surface area (Å²) in [5, 5.41) is 8.81. The third kappa shape index (κ3) is 8.27. The van der Waals surface area contributed by atoms with Gasteiger partial charge in [-0.1, -0.05) is 125 Å². The van der Waals surface area contributed by atoms with Crippen LogP contribution in [-0.2, 0) is 16.6 Å². The van der Waals surface area contributed by atoms with E-state index in [1.165, 1.54) is 44.1 Å². The summed E-state index contributed by atoms with van der Waals surface area (Å²) in [5.41, 5.74) is 5.34. The largest absolute Gasteiger partial charge is 0.481 e. The Morgan fingerprint density at radius 1 is 0.707 bits per heavy atom. The van der Waals surface area contributed by atoms with Crippen molar-refractivity contribution in [1.29, 1.82) is 0 Å². The van der Waals surface area contributed by atoms with E-state index >= 15 is 0 Å². The van der Waals surface area contributed by atoms with Gasteiger partial charge in [0.2, 0.25) is 0 Å². The molecule has 2 nitrogen and oxygen atoms in total. The molecule has 1 saturated carbocycles. The van der Waals surface area contributed by atoms with Crippen molar-refractivity contribution in [2.75, 3.05) is 0 Å². The highest BCUT2D eigenvalue weighted by Crippen LogP contribution is 2.45. The van der Waals surface area contributed by atoms with Gasteiger partial charge in [0.05, 0.1) is 0 Å². The number of carboxylic acid groups (broad SMARTS) is 1. The second-order valence-electron chi connectivity index (χ2n) is 12.0. The first-order valence-corrected chi connectivity index (χ1v) is 15.8. The van der Waals surface area contributed by atoms with Crippen molar-refractivity contribution in [3.05, 3.63) is 83.4 Å². The van der Waals surface area contributed by atoms with Gasteiger partial charge in [0.15, 0.2) is 11.6 Å². The zero-order valence-electron chi connectivity index (χ0n) is 24.7. The quantitative estimate of drug-likeness (QED) is 0.177. The van der Waals surface area contributed by atoms with Crippen LogP contribution in [0.3, 0.4) is 0 Å². The van der Waals surface area contributed by atoms with Crippen LogP contribution in [-0.4, -0.2) is 11.1 Å². The number of rotatable bonds is 16. The smallest absolute Gasteiger partial charge is 0.303 e. The molecule has 1 N–H and O–H groups in total. The van der Waals surface area contributed by atoms with Gasteiger partial charge in [-0.25, -0.2) is 8.78 Å². The van der Waals surface area contributed by atoms with Gasteiger partial charge in [0.25, 0.3) is 0 Å². The van der Waals surface area contributed by atoms with E-state index in [2.05, 4.69) is 31.2 Å². The minimum atomic E-state index is -0.753. The SMILES string of the molecule is CCCCCCc1ccc(-c2ccc(-c3ccc(C4(CCCCCCCC(=O)O)CCCC4)cc3)cc2)c(F)c1F. The summed E-state index contributed by atoms with van der Waals surface area (Å²) in [6.07, 6.45) is 16.5. The minimum Gasteiger partial charge on any atom is -0.481 e. The molecule has 3 aromatic carbocycles. The van der Waals surface area contributed by atoms with E-state index in [1.54, 1.807) is 12.1 Å². The Balaban J connectivity index is 1.38. The molecule has 0 unspecified atom stereocenters. The lowest BCUT2D eigenvalue weighted by molar-refractivity contribution is -0.137. The molecule has 0 radical (unpaired) electrons. The monoisotopic (exact) mass is 560 g/mol. The fourth-order valence-electron chi connectivity index (χ4n) is 6.61. The fourth-order valence-corrected chi connectivity index (χ4v) is 6.61. The molecule has 220 valence electrons. The minimum absolute atomic E-state index is 0.257. The van der Waals surface area contributed by atoms with E-state index in [-0.39, 0.29) is 11.8 Å². The summed E-state index contributed by atoms with van der Waals surface area (Å²) in [4.78, 5) is 10.7. The number of unbranched alkanes of at least 4 members (excludes halogenated alkanes) is 7. The maximum absolute atomic E-state index is 15.0. The zero-order valence-corrected chi connectivity index (χ0v) is 24.7. The lowest BCUT2D eigenvalue weighted by Gasteiger charge is -2.30. The first kappa shape index (κ1) is 30.9. The molecule has 0 spiro atoms. The molecule has 41 heavy (non-hydrogen) atoms. The average Bonchev–Trinajstić information content (AvgIpc) is 3.47. The molecule has 0 bridgehead atoms. The molecule has 1 fully saturated rings. The van der Waals surface area contributed by atoms with Crippen LogP contribution >= 0.6 is 0 Å². The van der Waals surface area contributed by atoms with E-state index in [1.807, 2.05) is 24.3 Å². The number of carboxylic acids is 1. The number of benzene rings is 3. The van der Waals surface area contributed by atoms with Crippen molar-refractivity contribution in [3.8, 4) is 22.3 Å². The van der Waals surface area contributed by atoms with Gasteiger partial charge < -0.3 is 5.11 Å². The number of halogens is 2. The van der Waals surface area contributed by atoms with Crippen LogP contribution in [0.5, 0.6) is 0 Å². The Hall–Kier alpha value is -3.01. The maximum atomic E-state index is 15.0. The molecule has 0 heterocycles. The first-order chi connectivity index (χ1) is 19.9. The Morgan fingerprint density at radius 2 is 1.29 bits per heavy atom. The summed E-state index contributed by atoms with van der Waals surface area (Å²) in [5.74, 6) is -2.16. The molecule has 4 rings (SSSR count). The van der Waals surface area contributed by atoms with Crippen LogP contribution < -0.4 is 0 Å². The van der Waals surface area contributed by atoms with Crippen molar-refractivity contribution in [3.63, 3.8) is 0 Å². The van der Waals surface area contributed by atoms with Gasteiger partial charge in [0, 0.05) is 12.0 Å². The maximum Gasteiger partial charge on any atom is 0.303 e. The average molecular weight is 561 g/mol. The summed E-state index contributed by atoms with van der Waals surface area (Å²) in [6, 6.07) is 20.2. The summed E-state index contributed by atoms with van der Waals surface area (Å²) in [7, 11) is 0. The lowest BCUT2D eigenvalue weighted by atomic mass is 9.74. The highest BCUT2D eigenvalue weighted by molar-refractivity contribution is 5.71. The van der Waals surface area contributed by atoms with E-state index in [0.29, 0.717) is 23.1 Å². The predicted octanol–water partition coefficient (Wildman–Crippen LogP) is 11.0. The fraction of sp³-hybridized carbons (Fsp3) is 0.486. The van der Waals surface area contributed by atoms with Crippen LogP contribution in [0.25, 0.3) is 22.3 Å². The van der Waals surface area contributed by atoms with E-state index in [4.69, 9.17) is 5.11 Å². The number of hydrogen-bond donors (Lipinski definition) is 1. The zero-order chi connectivity index (χ0) is 29.1. The second kappa shape index (κ2) is 15.3. The molecular formula is C37H46F2O2. The van der Waals surface area contributed by atoms with E-state index < -0.39 is 17.6 Å². The van der Waals surface area contributed by atoms with Gasteiger partial charge in [-0.15, -0.1) is 0 Å². The van der Waals surface area contributed by atoms with E-state index in [9.17, 15) is 13.6 Å². The number of aliphatic carboxylic acids is 1. The van der Waals surface area contributed by atoms with Crippen LogP contribution in [0.4, 0.5) is 8.78 Å². The van der Waals surface area contributed by atoms with Crippen molar-refractivity contribution in [1.82, 2.24) is 0 Å². The van der Waals surface area contributed by atoms with Gasteiger partial charge in [-0.05, 0) is 71.8 Å². The first-order valence-electron chi connectivity index (χ1n) is 15.8. The Kier molecular flexibility index (Phi) is 11.5. The number of aryl methyl sites for hydroxylation is 1. The third-order valence-corrected chi connectivity index (χ3v) is 9.10. The van der Waals surface area contributed by atoms with Gasteiger partial charge in [0.1, 0.15) is 0 Å². The molecule has 1 aliphatic carbocycles. The standard InChI is InChI=1S/C37H46F2O2/c1-2-3-4-8-13-31-21-24-33(36(39)35(31)38)30-17-15-28(16-18-30)29-19-22-32(23-20-29)37(26-11-12-27-37)25-10-7-5-6-9-14-34(40)41/h15-24H,2-14,25-27H2,1H3,(H,40,41). The Bertz CT molecular complexity index is 1240. The van der Waals surface area contributed by atoms with E-state index in [0.717, 1.165) is 62.5 Å². The number of carbonyl (C=O) groups is 1. The van der Waals surface area contributed by atoms with Crippen molar-refractivity contribution < 1.29 is 18.7 Å². The Morgan fingerprint density at radius 3 is 1.95 bits per heavy atom. The van der Waals surface area contributed by atoms with Crippen molar-refractivity contribution in [2.24, 2.45) is 0 Å². The topological polar surface area (TPSA) is 37.3 Å². The second-order valence-corrected chi connectivity index (χ2v) is 12.0. The molecule has 0 atom stereocenters. The number of hydrogen-bond acceptors (Lipinski definition) is 1. The van der Waals surface area contributed by atoms with Crippen LogP contribution in [0.1, 0.15) is 114 Å². The van der Waals surface area contributed by atoms with Gasteiger partial charge in [-0.2, -0.15) is 0 Å². The van der Waals surface area contributed by atoms with Gasteiger partial charge in [-0.3, -0.25) is 4.79 Å². The third-order valence-electron chi connectivity index (χ3n) is 9.10. The van der Waals surface area contributed by atoms with Crippen molar-refractivity contribution >= 4 is 5.97 Å².